The first-order valence-corrected chi connectivity index (χ1v) is 12.3. The van der Waals surface area contributed by atoms with Gasteiger partial charge in [-0.2, -0.15) is 5.26 Å². The van der Waals surface area contributed by atoms with Gasteiger partial charge in [0.2, 0.25) is 0 Å². The van der Waals surface area contributed by atoms with Gasteiger partial charge in [0.05, 0.1) is 18.4 Å². The van der Waals surface area contributed by atoms with Crippen LogP contribution in [0.2, 0.25) is 0 Å². The molecule has 1 N–H and O–H groups in total. The van der Waals surface area contributed by atoms with E-state index in [0.29, 0.717) is 23.1 Å². The first-order chi connectivity index (χ1) is 18.1. The summed E-state index contributed by atoms with van der Waals surface area (Å²) in [5.74, 6) is 1.03. The maximum atomic E-state index is 13.5. The van der Waals surface area contributed by atoms with Crippen LogP contribution in [0.25, 0.3) is 11.7 Å². The highest BCUT2D eigenvalue weighted by molar-refractivity contribution is 6.02. The van der Waals surface area contributed by atoms with E-state index >= 15 is 0 Å². The summed E-state index contributed by atoms with van der Waals surface area (Å²) in [7, 11) is 0. The van der Waals surface area contributed by atoms with Crippen LogP contribution in [0.5, 0.6) is 0 Å². The number of rotatable bonds is 7. The van der Waals surface area contributed by atoms with Crippen molar-refractivity contribution in [3.05, 3.63) is 106 Å². The fourth-order valence-corrected chi connectivity index (χ4v) is 4.72. The molecule has 1 amide bonds. The number of furan rings is 1. The molecular formula is C29H27N5O3. The Kier molecular flexibility index (Phi) is 7.13. The number of piperidine rings is 1. The number of carbonyl (C=O) groups is 1. The normalized spacial score (nSPS) is 14.5. The minimum atomic E-state index is -0.580. The summed E-state index contributed by atoms with van der Waals surface area (Å²) in [6.45, 7) is 1.61. The molecule has 37 heavy (non-hydrogen) atoms. The van der Waals surface area contributed by atoms with Crippen LogP contribution in [0.4, 0.5) is 5.82 Å². The number of hydrogen-bond donors (Lipinski definition) is 1. The monoisotopic (exact) mass is 493 g/mol. The molecule has 1 fully saturated rings. The SMILES string of the molecule is N#C/C(=C\c1c(N2CCC(Cc3ccccc3)CC2)nc2ccccn2c1=O)C(=O)NCc1ccco1. The van der Waals surface area contributed by atoms with Crippen LogP contribution in [-0.4, -0.2) is 28.4 Å². The summed E-state index contributed by atoms with van der Waals surface area (Å²) in [5, 5.41) is 12.4. The number of pyridine rings is 1. The summed E-state index contributed by atoms with van der Waals surface area (Å²) in [4.78, 5) is 33.2. The van der Waals surface area contributed by atoms with E-state index in [0.717, 1.165) is 32.4 Å². The molecular weight excluding hydrogens is 466 g/mol. The number of nitrogens with one attached hydrogen (secondary N) is 1. The second-order valence-corrected chi connectivity index (χ2v) is 9.14. The summed E-state index contributed by atoms with van der Waals surface area (Å²) >= 11 is 0. The second-order valence-electron chi connectivity index (χ2n) is 9.14. The van der Waals surface area contributed by atoms with E-state index in [-0.39, 0.29) is 23.2 Å². The van der Waals surface area contributed by atoms with Crippen molar-refractivity contribution in [1.82, 2.24) is 14.7 Å². The fraction of sp³-hybridized carbons (Fsp3) is 0.241. The van der Waals surface area contributed by atoms with E-state index < -0.39 is 5.91 Å². The summed E-state index contributed by atoms with van der Waals surface area (Å²) in [6, 6.07) is 21.2. The number of nitriles is 1. The predicted molar refractivity (Wildman–Crippen MR) is 141 cm³/mol. The molecule has 3 aromatic heterocycles. The lowest BCUT2D eigenvalue weighted by molar-refractivity contribution is -0.117. The first-order valence-electron chi connectivity index (χ1n) is 12.3. The lowest BCUT2D eigenvalue weighted by Crippen LogP contribution is -2.37. The van der Waals surface area contributed by atoms with Crippen LogP contribution in [0.1, 0.15) is 29.7 Å². The van der Waals surface area contributed by atoms with Crippen molar-refractivity contribution in [1.29, 1.82) is 5.26 Å². The quantitative estimate of drug-likeness (QED) is 0.309. The molecule has 8 heteroatoms. The van der Waals surface area contributed by atoms with Gasteiger partial charge < -0.3 is 14.6 Å². The average molecular weight is 494 g/mol. The molecule has 4 heterocycles. The Hall–Kier alpha value is -4.64. The van der Waals surface area contributed by atoms with Gasteiger partial charge in [-0.15, -0.1) is 0 Å². The molecule has 8 nitrogen and oxygen atoms in total. The highest BCUT2D eigenvalue weighted by Crippen LogP contribution is 2.27. The van der Waals surface area contributed by atoms with Crippen molar-refractivity contribution < 1.29 is 9.21 Å². The van der Waals surface area contributed by atoms with Gasteiger partial charge in [0.25, 0.3) is 11.5 Å². The van der Waals surface area contributed by atoms with Gasteiger partial charge in [-0.25, -0.2) is 4.98 Å². The van der Waals surface area contributed by atoms with Crippen molar-refractivity contribution in [2.75, 3.05) is 18.0 Å². The Labute approximate surface area is 214 Å². The van der Waals surface area contributed by atoms with Crippen LogP contribution >= 0.6 is 0 Å². The van der Waals surface area contributed by atoms with Crippen molar-refractivity contribution in [2.24, 2.45) is 5.92 Å². The Bertz CT molecular complexity index is 1510. The third kappa shape index (κ3) is 5.46. The number of amides is 1. The lowest BCUT2D eigenvalue weighted by atomic mass is 9.90. The standard InChI is InChI=1S/C29H27N5O3/c30-19-23(28(35)31-20-24-9-6-16-37-24)18-25-27(32-26-10-4-5-13-34(26)29(25)36)33-14-11-22(12-15-33)17-21-7-2-1-3-8-21/h1-10,13,16,18,22H,11-12,14-15,17,20H2,(H,31,35)/b23-18+. The molecule has 0 unspecified atom stereocenters. The van der Waals surface area contributed by atoms with Crippen molar-refractivity contribution >= 4 is 23.4 Å². The van der Waals surface area contributed by atoms with Gasteiger partial charge in [-0.05, 0) is 61.1 Å². The van der Waals surface area contributed by atoms with Crippen molar-refractivity contribution in [3.63, 3.8) is 0 Å². The summed E-state index contributed by atoms with van der Waals surface area (Å²) in [5.41, 5.74) is 1.59. The molecule has 0 aliphatic carbocycles. The molecule has 186 valence electrons. The van der Waals surface area contributed by atoms with Crippen molar-refractivity contribution in [3.8, 4) is 6.07 Å². The lowest BCUT2D eigenvalue weighted by Gasteiger charge is -2.33. The van der Waals surface area contributed by atoms with E-state index in [1.54, 1.807) is 30.5 Å². The minimum Gasteiger partial charge on any atom is -0.467 e. The predicted octanol–water partition coefficient (Wildman–Crippen LogP) is 3.97. The fourth-order valence-electron chi connectivity index (χ4n) is 4.72. The van der Waals surface area contributed by atoms with E-state index in [2.05, 4.69) is 34.5 Å². The second kappa shape index (κ2) is 11.0. The minimum absolute atomic E-state index is 0.140. The van der Waals surface area contributed by atoms with E-state index in [1.165, 1.54) is 22.3 Å². The molecule has 4 aromatic rings. The number of carbonyl (C=O) groups excluding carboxylic acids is 1. The maximum absolute atomic E-state index is 13.5. The van der Waals surface area contributed by atoms with Gasteiger partial charge in [0.15, 0.2) is 0 Å². The van der Waals surface area contributed by atoms with Gasteiger partial charge in [-0.3, -0.25) is 14.0 Å². The molecule has 0 bridgehead atoms. The van der Waals surface area contributed by atoms with Crippen LogP contribution < -0.4 is 15.8 Å². The summed E-state index contributed by atoms with van der Waals surface area (Å²) in [6.07, 6.45) is 7.45. The zero-order valence-electron chi connectivity index (χ0n) is 20.3. The zero-order valence-corrected chi connectivity index (χ0v) is 20.3. The Balaban J connectivity index is 1.43. The van der Waals surface area contributed by atoms with Gasteiger partial charge >= 0.3 is 0 Å². The molecule has 1 aliphatic rings. The third-order valence-corrected chi connectivity index (χ3v) is 6.69. The van der Waals surface area contributed by atoms with Gasteiger partial charge in [0.1, 0.15) is 28.9 Å². The number of nitrogens with zero attached hydrogens (tertiary/aromatic N) is 4. The molecule has 0 atom stereocenters. The van der Waals surface area contributed by atoms with Gasteiger partial charge in [-0.1, -0.05) is 36.4 Å². The highest BCUT2D eigenvalue weighted by Gasteiger charge is 2.25. The van der Waals surface area contributed by atoms with Crippen LogP contribution in [0, 0.1) is 17.2 Å². The largest absolute Gasteiger partial charge is 0.467 e. The highest BCUT2D eigenvalue weighted by atomic mass is 16.3. The topological polar surface area (TPSA) is 104 Å². The molecule has 0 saturated carbocycles. The third-order valence-electron chi connectivity index (χ3n) is 6.69. The Morgan fingerprint density at radius 3 is 2.62 bits per heavy atom. The Morgan fingerprint density at radius 2 is 1.89 bits per heavy atom. The zero-order chi connectivity index (χ0) is 25.6. The van der Waals surface area contributed by atoms with Gasteiger partial charge in [0, 0.05) is 19.3 Å². The Morgan fingerprint density at radius 1 is 1.11 bits per heavy atom. The summed E-state index contributed by atoms with van der Waals surface area (Å²) < 4.78 is 6.68. The van der Waals surface area contributed by atoms with Crippen LogP contribution in [0.15, 0.2) is 87.9 Å². The molecule has 1 aliphatic heterocycles. The molecule has 1 aromatic carbocycles. The van der Waals surface area contributed by atoms with Crippen LogP contribution in [0.3, 0.4) is 0 Å². The smallest absolute Gasteiger partial charge is 0.267 e. The molecule has 1 saturated heterocycles. The molecule has 0 spiro atoms. The van der Waals surface area contributed by atoms with E-state index in [9.17, 15) is 14.9 Å². The van der Waals surface area contributed by atoms with E-state index in [1.807, 2.05) is 18.2 Å². The average Bonchev–Trinajstić information content (AvgIpc) is 3.46. The van der Waals surface area contributed by atoms with Crippen molar-refractivity contribution in [2.45, 2.75) is 25.8 Å². The number of aromatic nitrogens is 2. The van der Waals surface area contributed by atoms with Crippen LogP contribution in [-0.2, 0) is 17.8 Å². The number of hydrogen-bond acceptors (Lipinski definition) is 6. The first kappa shape index (κ1) is 24.1. The molecule has 0 radical (unpaired) electrons. The number of benzene rings is 1. The maximum Gasteiger partial charge on any atom is 0.267 e. The van der Waals surface area contributed by atoms with E-state index in [4.69, 9.17) is 9.40 Å². The number of fused-ring (bicyclic) bond motifs is 1. The number of anilines is 1. The molecule has 5 rings (SSSR count).